The molecule has 6 heteroatoms. The van der Waals surface area contributed by atoms with Gasteiger partial charge in [-0.2, -0.15) is 0 Å². The Kier molecular flexibility index (Phi) is 9.59. The minimum atomic E-state index is -4.27. The van der Waals surface area contributed by atoms with Crippen molar-refractivity contribution in [2.45, 2.75) is 70.7 Å². The number of aryl methyl sites for hydroxylation is 3. The Bertz CT molecular complexity index is 750. The monoisotopic (exact) mass is 380 g/mol. The van der Waals surface area contributed by atoms with E-state index < -0.39 is 10.1 Å². The highest BCUT2D eigenvalue weighted by atomic mass is 32.2. The van der Waals surface area contributed by atoms with E-state index in [1.807, 2.05) is 6.92 Å². The standard InChI is InChI=1S/C13H25N2.C7H8O3S/c1-4-5-6-7-8-9-10-15-12-11-14(3)13(15)2;1-6-2-4-7(5-3-6)11(8,9)10/h11-12H,4-10H2,1-3H3;2-5H,1H3,(H,8,9,10)/q+1;/p-1. The third-order valence-electron chi connectivity index (χ3n) is 4.46. The van der Waals surface area contributed by atoms with E-state index in [1.165, 1.54) is 63.0 Å². The zero-order valence-corrected chi connectivity index (χ0v) is 17.3. The fraction of sp³-hybridized carbons (Fsp3) is 0.550. The Morgan fingerprint density at radius 3 is 2.08 bits per heavy atom. The molecular weight excluding hydrogens is 348 g/mol. The summed E-state index contributed by atoms with van der Waals surface area (Å²) >= 11 is 0. The van der Waals surface area contributed by atoms with Gasteiger partial charge in [0.1, 0.15) is 22.5 Å². The van der Waals surface area contributed by atoms with E-state index in [4.69, 9.17) is 0 Å². The minimum Gasteiger partial charge on any atom is -0.744 e. The van der Waals surface area contributed by atoms with E-state index in [9.17, 15) is 13.0 Å². The molecule has 146 valence electrons. The summed E-state index contributed by atoms with van der Waals surface area (Å²) in [5.41, 5.74) is 0.928. The number of unbranched alkanes of at least 4 members (excludes halogenated alkanes) is 5. The van der Waals surface area contributed by atoms with Gasteiger partial charge in [-0.3, -0.25) is 0 Å². The van der Waals surface area contributed by atoms with Gasteiger partial charge in [0.2, 0.25) is 0 Å². The molecule has 0 aliphatic rings. The van der Waals surface area contributed by atoms with Crippen molar-refractivity contribution in [2.24, 2.45) is 7.05 Å². The fourth-order valence-corrected chi connectivity index (χ4v) is 3.07. The highest BCUT2D eigenvalue weighted by molar-refractivity contribution is 7.85. The first kappa shape index (κ1) is 22.4. The van der Waals surface area contributed by atoms with Crippen molar-refractivity contribution >= 4 is 10.1 Å². The summed E-state index contributed by atoms with van der Waals surface area (Å²) in [6.07, 6.45) is 12.6. The second-order valence-corrected chi connectivity index (χ2v) is 8.06. The lowest BCUT2D eigenvalue weighted by molar-refractivity contribution is -0.677. The number of imidazole rings is 1. The molecule has 0 aliphatic heterocycles. The Balaban J connectivity index is 0.000000273. The normalized spacial score (nSPS) is 11.1. The molecule has 0 aliphatic carbocycles. The van der Waals surface area contributed by atoms with E-state index in [1.54, 1.807) is 12.1 Å². The van der Waals surface area contributed by atoms with Gasteiger partial charge in [0, 0.05) is 6.92 Å². The molecule has 1 aromatic carbocycles. The summed E-state index contributed by atoms with van der Waals surface area (Å²) in [7, 11) is -2.17. The van der Waals surface area contributed by atoms with Crippen molar-refractivity contribution in [1.29, 1.82) is 0 Å². The average Bonchev–Trinajstić information content (AvgIpc) is 2.90. The molecule has 0 unspecified atom stereocenters. The predicted molar refractivity (Wildman–Crippen MR) is 103 cm³/mol. The SMILES string of the molecule is CCCCCCCCn1cc[n+](C)c1C.Cc1ccc(S(=O)(=O)[O-])cc1. The fourth-order valence-electron chi connectivity index (χ4n) is 2.60. The molecule has 0 N–H and O–H groups in total. The van der Waals surface area contributed by atoms with Crippen LogP contribution in [0.1, 0.15) is 56.8 Å². The lowest BCUT2D eigenvalue weighted by Crippen LogP contribution is -2.29. The van der Waals surface area contributed by atoms with E-state index in [0.717, 1.165) is 5.56 Å². The van der Waals surface area contributed by atoms with E-state index >= 15 is 0 Å². The van der Waals surface area contributed by atoms with Crippen molar-refractivity contribution in [3.8, 4) is 0 Å². The van der Waals surface area contributed by atoms with Gasteiger partial charge in [-0.05, 0) is 31.9 Å². The van der Waals surface area contributed by atoms with Crippen LogP contribution >= 0.6 is 0 Å². The van der Waals surface area contributed by atoms with Gasteiger partial charge in [-0.25, -0.2) is 17.6 Å². The molecule has 2 aromatic rings. The third kappa shape index (κ3) is 8.15. The molecule has 0 spiro atoms. The van der Waals surface area contributed by atoms with Crippen LogP contribution in [0.25, 0.3) is 0 Å². The van der Waals surface area contributed by atoms with Gasteiger partial charge in [-0.1, -0.05) is 50.3 Å². The zero-order valence-electron chi connectivity index (χ0n) is 16.4. The summed E-state index contributed by atoms with van der Waals surface area (Å²) in [5, 5.41) is 0. The number of aromatic nitrogens is 2. The van der Waals surface area contributed by atoms with Crippen LogP contribution < -0.4 is 4.57 Å². The molecular formula is C20H32N2O3S. The maximum Gasteiger partial charge on any atom is 0.253 e. The van der Waals surface area contributed by atoms with Crippen LogP contribution in [0.5, 0.6) is 0 Å². The maximum absolute atomic E-state index is 10.4. The molecule has 2 rings (SSSR count). The van der Waals surface area contributed by atoms with Crippen molar-refractivity contribution < 1.29 is 17.5 Å². The van der Waals surface area contributed by atoms with Gasteiger partial charge in [-0.15, -0.1) is 0 Å². The quantitative estimate of drug-likeness (QED) is 0.396. The highest BCUT2D eigenvalue weighted by Gasteiger charge is 2.07. The second kappa shape index (κ2) is 11.1. The van der Waals surface area contributed by atoms with Gasteiger partial charge >= 0.3 is 0 Å². The first-order chi connectivity index (χ1) is 12.3. The lowest BCUT2D eigenvalue weighted by atomic mass is 10.1. The Morgan fingerprint density at radius 1 is 1.00 bits per heavy atom. The van der Waals surface area contributed by atoms with Crippen molar-refractivity contribution in [1.82, 2.24) is 4.57 Å². The van der Waals surface area contributed by atoms with E-state index in [2.05, 4.69) is 42.4 Å². The molecule has 5 nitrogen and oxygen atoms in total. The van der Waals surface area contributed by atoms with Crippen LogP contribution in [0.4, 0.5) is 0 Å². The van der Waals surface area contributed by atoms with Crippen molar-refractivity contribution in [3.05, 3.63) is 48.0 Å². The average molecular weight is 381 g/mol. The van der Waals surface area contributed by atoms with Gasteiger partial charge < -0.3 is 4.55 Å². The van der Waals surface area contributed by atoms with Crippen molar-refractivity contribution in [3.63, 3.8) is 0 Å². The lowest BCUT2D eigenvalue weighted by Gasteiger charge is -2.05. The molecule has 0 amide bonds. The Labute approximate surface area is 158 Å². The number of hydrogen-bond donors (Lipinski definition) is 0. The van der Waals surface area contributed by atoms with E-state index in [0.29, 0.717) is 0 Å². The smallest absolute Gasteiger partial charge is 0.253 e. The first-order valence-electron chi connectivity index (χ1n) is 9.29. The van der Waals surface area contributed by atoms with Gasteiger partial charge in [0.05, 0.1) is 18.5 Å². The Hall–Kier alpha value is -1.66. The molecule has 0 atom stereocenters. The van der Waals surface area contributed by atoms with E-state index in [-0.39, 0.29) is 4.90 Å². The van der Waals surface area contributed by atoms with Crippen LogP contribution in [0.2, 0.25) is 0 Å². The maximum atomic E-state index is 10.4. The molecule has 0 saturated heterocycles. The minimum absolute atomic E-state index is 0.178. The van der Waals surface area contributed by atoms with Crippen LogP contribution in [-0.4, -0.2) is 17.5 Å². The molecule has 26 heavy (non-hydrogen) atoms. The Morgan fingerprint density at radius 2 is 1.58 bits per heavy atom. The number of rotatable bonds is 8. The molecule has 0 bridgehead atoms. The molecule has 0 saturated carbocycles. The largest absolute Gasteiger partial charge is 0.744 e. The third-order valence-corrected chi connectivity index (χ3v) is 5.31. The van der Waals surface area contributed by atoms with Crippen LogP contribution in [0.3, 0.4) is 0 Å². The van der Waals surface area contributed by atoms with Crippen LogP contribution in [0.15, 0.2) is 41.6 Å². The molecule has 0 radical (unpaired) electrons. The summed E-state index contributed by atoms with van der Waals surface area (Å²) < 4.78 is 35.7. The number of hydrogen-bond acceptors (Lipinski definition) is 3. The molecule has 0 fully saturated rings. The van der Waals surface area contributed by atoms with Gasteiger partial charge in [0.15, 0.2) is 0 Å². The van der Waals surface area contributed by atoms with Gasteiger partial charge in [0.25, 0.3) is 5.82 Å². The summed E-state index contributed by atoms with van der Waals surface area (Å²) in [6.45, 7) is 7.44. The number of nitrogens with zero attached hydrogens (tertiary/aromatic N) is 2. The second-order valence-electron chi connectivity index (χ2n) is 6.68. The molecule has 1 aromatic heterocycles. The predicted octanol–water partition coefficient (Wildman–Crippen LogP) is 3.88. The van der Waals surface area contributed by atoms with Crippen molar-refractivity contribution in [2.75, 3.05) is 0 Å². The first-order valence-corrected chi connectivity index (χ1v) is 10.7. The highest BCUT2D eigenvalue weighted by Crippen LogP contribution is 2.08. The summed E-state index contributed by atoms with van der Waals surface area (Å²) in [4.78, 5) is -0.178. The van der Waals surface area contributed by atoms with Crippen LogP contribution in [0, 0.1) is 13.8 Å². The summed E-state index contributed by atoms with van der Waals surface area (Å²) in [6, 6.07) is 5.78. The topological polar surface area (TPSA) is 66.0 Å². The van der Waals surface area contributed by atoms with Crippen LogP contribution in [-0.2, 0) is 23.7 Å². The number of benzene rings is 1. The molecule has 1 heterocycles. The summed E-state index contributed by atoms with van der Waals surface area (Å²) in [5.74, 6) is 1.35. The zero-order chi connectivity index (χ0) is 19.6.